The Hall–Kier alpha value is -1.88. The van der Waals surface area contributed by atoms with Gasteiger partial charge in [-0.3, -0.25) is 0 Å². The van der Waals surface area contributed by atoms with Crippen LogP contribution < -0.4 is 5.32 Å². The lowest BCUT2D eigenvalue weighted by molar-refractivity contribution is 0.167. The van der Waals surface area contributed by atoms with Crippen molar-refractivity contribution in [3.63, 3.8) is 0 Å². The average Bonchev–Trinajstić information content (AvgIpc) is 2.90. The Bertz CT molecular complexity index is 816. The Morgan fingerprint density at radius 2 is 1.96 bits per heavy atom. The van der Waals surface area contributed by atoms with Crippen LogP contribution in [0.4, 0.5) is 0 Å². The Kier molecular flexibility index (Phi) is 5.19. The highest BCUT2D eigenvalue weighted by Crippen LogP contribution is 2.22. The number of hydrogen-bond acceptors (Lipinski definition) is 3. The molecule has 3 rings (SSSR count). The minimum absolute atomic E-state index is 0.0339. The molecule has 1 heterocycles. The van der Waals surface area contributed by atoms with Gasteiger partial charge in [0, 0.05) is 18.6 Å². The van der Waals surface area contributed by atoms with E-state index in [4.69, 9.17) is 11.6 Å². The molecule has 0 saturated heterocycles. The second kappa shape index (κ2) is 7.34. The van der Waals surface area contributed by atoms with E-state index in [0.717, 1.165) is 22.4 Å². The van der Waals surface area contributed by atoms with E-state index in [1.807, 2.05) is 60.1 Å². The molecule has 2 atom stereocenters. The number of benzene rings is 2. The number of fused-ring (bicyclic) bond motifs is 1. The largest absolute Gasteiger partial charge is 0.391 e. The number of hydrogen-bond donors (Lipinski definition) is 2. The van der Waals surface area contributed by atoms with Crippen molar-refractivity contribution < 1.29 is 5.11 Å². The zero-order valence-electron chi connectivity index (χ0n) is 13.9. The Labute approximate surface area is 147 Å². The molecule has 3 aromatic rings. The summed E-state index contributed by atoms with van der Waals surface area (Å²) in [6, 6.07) is 15.8. The maximum Gasteiger partial charge on any atom is 0.126 e. The molecule has 2 unspecified atom stereocenters. The summed E-state index contributed by atoms with van der Waals surface area (Å²) in [5, 5.41) is 14.3. The molecule has 0 aliphatic heterocycles. The van der Waals surface area contributed by atoms with E-state index in [9.17, 15) is 5.11 Å². The Balaban J connectivity index is 1.64. The van der Waals surface area contributed by atoms with Crippen molar-refractivity contribution in [3.05, 3.63) is 64.9 Å². The first-order chi connectivity index (χ1) is 11.5. The lowest BCUT2D eigenvalue weighted by Gasteiger charge is -2.17. The summed E-state index contributed by atoms with van der Waals surface area (Å²) in [5.41, 5.74) is 3.07. The van der Waals surface area contributed by atoms with Gasteiger partial charge in [-0.15, -0.1) is 0 Å². The second-order valence-electron chi connectivity index (χ2n) is 6.14. The van der Waals surface area contributed by atoms with Crippen LogP contribution in [0.2, 0.25) is 5.02 Å². The number of nitrogens with zero attached hydrogens (tertiary/aromatic N) is 2. The molecule has 0 radical (unpaired) electrons. The highest BCUT2D eigenvalue weighted by atomic mass is 35.5. The minimum atomic E-state index is -0.432. The molecule has 4 nitrogen and oxygen atoms in total. The first-order valence-corrected chi connectivity index (χ1v) is 8.49. The molecule has 0 aliphatic rings. The van der Waals surface area contributed by atoms with E-state index < -0.39 is 6.10 Å². The summed E-state index contributed by atoms with van der Waals surface area (Å²) >= 11 is 6.07. The van der Waals surface area contributed by atoms with Gasteiger partial charge in [-0.1, -0.05) is 41.9 Å². The number of rotatable bonds is 6. The van der Waals surface area contributed by atoms with Crippen molar-refractivity contribution in [3.8, 4) is 0 Å². The molecule has 0 aliphatic carbocycles. The quantitative estimate of drug-likeness (QED) is 0.720. The zero-order chi connectivity index (χ0) is 17.1. The van der Waals surface area contributed by atoms with E-state index in [0.29, 0.717) is 18.0 Å². The van der Waals surface area contributed by atoms with Gasteiger partial charge < -0.3 is 15.0 Å². The van der Waals surface area contributed by atoms with Crippen LogP contribution in [-0.4, -0.2) is 27.3 Å². The molecule has 2 aromatic carbocycles. The maximum atomic E-state index is 10.2. The molecule has 0 bridgehead atoms. The number of aryl methyl sites for hydroxylation is 1. The molecular formula is C19H22ClN3O. The van der Waals surface area contributed by atoms with Crippen LogP contribution in [0.15, 0.2) is 48.5 Å². The molecule has 0 amide bonds. The number of nitrogens with one attached hydrogen (secondary N) is 1. The van der Waals surface area contributed by atoms with Gasteiger partial charge in [-0.25, -0.2) is 4.98 Å². The number of aliphatic hydroxyl groups excluding tert-OH is 1. The topological polar surface area (TPSA) is 50.1 Å². The van der Waals surface area contributed by atoms with Gasteiger partial charge >= 0.3 is 0 Å². The number of halogens is 1. The van der Waals surface area contributed by atoms with Gasteiger partial charge in [-0.2, -0.15) is 0 Å². The summed E-state index contributed by atoms with van der Waals surface area (Å²) < 4.78 is 2.04. The van der Waals surface area contributed by atoms with E-state index >= 15 is 0 Å². The molecule has 0 spiro atoms. The molecule has 5 heteroatoms. The van der Waals surface area contributed by atoms with Gasteiger partial charge in [0.25, 0.3) is 0 Å². The summed E-state index contributed by atoms with van der Waals surface area (Å²) in [4.78, 5) is 4.68. The van der Waals surface area contributed by atoms with Crippen molar-refractivity contribution in [2.75, 3.05) is 6.54 Å². The highest BCUT2D eigenvalue weighted by Gasteiger charge is 2.16. The lowest BCUT2D eigenvalue weighted by Crippen LogP contribution is -2.31. The third-order valence-electron chi connectivity index (χ3n) is 4.24. The smallest absolute Gasteiger partial charge is 0.126 e. The van der Waals surface area contributed by atoms with E-state index in [2.05, 4.69) is 17.2 Å². The zero-order valence-corrected chi connectivity index (χ0v) is 14.7. The third-order valence-corrected chi connectivity index (χ3v) is 4.47. The Morgan fingerprint density at radius 3 is 2.71 bits per heavy atom. The molecule has 24 heavy (non-hydrogen) atoms. The SMILES string of the molecule is CC(NCC(O)Cc1ccccc1)c1nc2ccc(Cl)cc2n1C. The van der Waals surface area contributed by atoms with Crippen LogP contribution >= 0.6 is 11.6 Å². The van der Waals surface area contributed by atoms with Crippen molar-refractivity contribution >= 4 is 22.6 Å². The molecule has 2 N–H and O–H groups in total. The minimum Gasteiger partial charge on any atom is -0.391 e. The fourth-order valence-electron chi connectivity index (χ4n) is 2.93. The van der Waals surface area contributed by atoms with E-state index in [-0.39, 0.29) is 6.04 Å². The van der Waals surface area contributed by atoms with Crippen LogP contribution in [0.25, 0.3) is 11.0 Å². The highest BCUT2D eigenvalue weighted by molar-refractivity contribution is 6.31. The first-order valence-electron chi connectivity index (χ1n) is 8.12. The second-order valence-corrected chi connectivity index (χ2v) is 6.57. The van der Waals surface area contributed by atoms with Gasteiger partial charge in [0.2, 0.25) is 0 Å². The van der Waals surface area contributed by atoms with Gasteiger partial charge in [-0.05, 0) is 37.1 Å². The number of aromatic nitrogens is 2. The standard InChI is InChI=1S/C19H22ClN3O/c1-13(21-12-16(24)10-14-6-4-3-5-7-14)19-22-17-9-8-15(20)11-18(17)23(19)2/h3-9,11,13,16,21,24H,10,12H2,1-2H3. The molecule has 1 aromatic heterocycles. The average molecular weight is 344 g/mol. The molecular weight excluding hydrogens is 322 g/mol. The van der Waals surface area contributed by atoms with Crippen LogP contribution in [0, 0.1) is 0 Å². The molecule has 0 fully saturated rings. The summed E-state index contributed by atoms with van der Waals surface area (Å²) in [6.45, 7) is 2.57. The van der Waals surface area contributed by atoms with Crippen molar-refractivity contribution in [1.29, 1.82) is 0 Å². The van der Waals surface area contributed by atoms with E-state index in [1.165, 1.54) is 0 Å². The Morgan fingerprint density at radius 1 is 1.21 bits per heavy atom. The predicted octanol–water partition coefficient (Wildman–Crippen LogP) is 3.48. The summed E-state index contributed by atoms with van der Waals surface area (Å²) in [5.74, 6) is 0.930. The fourth-order valence-corrected chi connectivity index (χ4v) is 3.10. The number of imidazole rings is 1. The summed E-state index contributed by atoms with van der Waals surface area (Å²) in [6.07, 6.45) is 0.206. The van der Waals surface area contributed by atoms with Gasteiger partial charge in [0.1, 0.15) is 5.82 Å². The van der Waals surface area contributed by atoms with Crippen LogP contribution in [-0.2, 0) is 13.5 Å². The van der Waals surface area contributed by atoms with Crippen LogP contribution in [0.5, 0.6) is 0 Å². The maximum absolute atomic E-state index is 10.2. The van der Waals surface area contributed by atoms with Crippen molar-refractivity contribution in [1.82, 2.24) is 14.9 Å². The van der Waals surface area contributed by atoms with Crippen LogP contribution in [0.3, 0.4) is 0 Å². The predicted molar refractivity (Wildman–Crippen MR) is 98.3 cm³/mol. The first kappa shape index (κ1) is 17.0. The van der Waals surface area contributed by atoms with Crippen molar-refractivity contribution in [2.24, 2.45) is 7.05 Å². The molecule has 126 valence electrons. The van der Waals surface area contributed by atoms with Gasteiger partial charge in [0.05, 0.1) is 23.2 Å². The van der Waals surface area contributed by atoms with Crippen molar-refractivity contribution in [2.45, 2.75) is 25.5 Å². The fraction of sp³-hybridized carbons (Fsp3) is 0.316. The number of aliphatic hydroxyl groups is 1. The lowest BCUT2D eigenvalue weighted by atomic mass is 10.1. The summed E-state index contributed by atoms with van der Waals surface area (Å²) in [7, 11) is 1.99. The van der Waals surface area contributed by atoms with Gasteiger partial charge in [0.15, 0.2) is 0 Å². The molecule has 0 saturated carbocycles. The van der Waals surface area contributed by atoms with Crippen LogP contribution in [0.1, 0.15) is 24.4 Å². The third kappa shape index (κ3) is 3.78. The normalized spacial score (nSPS) is 14.0. The monoisotopic (exact) mass is 343 g/mol. The van der Waals surface area contributed by atoms with E-state index in [1.54, 1.807) is 0 Å².